The maximum absolute atomic E-state index is 12.2. The molecule has 6 aliphatic rings. The molecule has 5 aliphatic heterocycles. The monoisotopic (exact) mass is 1560 g/mol. The number of nitrogens with two attached hydrogens (primary N) is 2. The molecule has 4 aromatic heterocycles. The number of ketones is 2. The van der Waals surface area contributed by atoms with Gasteiger partial charge in [0.2, 0.25) is 11.9 Å². The van der Waals surface area contributed by atoms with Gasteiger partial charge in [0, 0.05) is 26.7 Å². The van der Waals surface area contributed by atoms with Gasteiger partial charge in [-0.15, -0.1) is 0 Å². The number of aliphatic hydroxyl groups excluding tert-OH is 16. The molecule has 582 valence electrons. The second-order valence-electron chi connectivity index (χ2n) is 22.4. The Morgan fingerprint density at radius 2 is 0.990 bits per heavy atom. The fourth-order valence-electron chi connectivity index (χ4n) is 10.0. The number of nitrogen functional groups attached to an aromatic ring is 2. The second kappa shape index (κ2) is 36.6. The molecule has 0 bridgehead atoms. The Balaban J connectivity index is 0.000000255. The molecule has 55 heteroatoms. The van der Waals surface area contributed by atoms with Crippen molar-refractivity contribution in [3.8, 4) is 0 Å². The van der Waals surface area contributed by atoms with Crippen LogP contribution in [0.25, 0.3) is 22.3 Å². The summed E-state index contributed by atoms with van der Waals surface area (Å²) in [4.78, 5) is 112. The van der Waals surface area contributed by atoms with E-state index in [0.29, 0.717) is 0 Å². The van der Waals surface area contributed by atoms with Crippen molar-refractivity contribution in [1.29, 1.82) is 0 Å². The first-order valence-electron chi connectivity index (χ1n) is 29.0. The van der Waals surface area contributed by atoms with Gasteiger partial charge in [0.05, 0.1) is 44.2 Å². The van der Waals surface area contributed by atoms with E-state index in [1.807, 2.05) is 0 Å². The van der Waals surface area contributed by atoms with Crippen LogP contribution in [0.5, 0.6) is 0 Å². The molecule has 24 N–H and O–H groups in total. The number of carbonyl (C=O) groups is 2. The average Bonchev–Trinajstić information content (AvgIpc) is 1.53. The molecule has 5 saturated heterocycles. The Kier molecular flexibility index (Phi) is 31.5. The quantitative estimate of drug-likeness (QED) is 0.0437. The van der Waals surface area contributed by atoms with E-state index >= 15 is 0 Å². The predicted octanol–water partition coefficient (Wildman–Crippen LogP) is -14.1. The van der Waals surface area contributed by atoms with E-state index in [4.69, 9.17) is 70.5 Å². The molecule has 15 unspecified atom stereocenters. The Bertz CT molecular complexity index is 3670. The number of rotatable bonds is 17. The van der Waals surface area contributed by atoms with Crippen LogP contribution in [0, 0.1) is 5.92 Å². The number of aliphatic hydroxyl groups is 16. The first-order valence-corrected chi connectivity index (χ1v) is 34.5. The van der Waals surface area contributed by atoms with Crippen LogP contribution in [0.1, 0.15) is 39.6 Å². The van der Waals surface area contributed by atoms with Gasteiger partial charge in [-0.2, -0.15) is 9.97 Å². The van der Waals surface area contributed by atoms with E-state index in [-0.39, 0.29) is 39.7 Å². The largest absolute Gasteiger partial charge is 0.756 e. The fraction of sp³-hybridized carbons (Fsp3) is 0.745. The van der Waals surface area contributed by atoms with E-state index in [1.165, 1.54) is 35.0 Å². The van der Waals surface area contributed by atoms with Gasteiger partial charge in [-0.3, -0.25) is 52.0 Å². The minimum atomic E-state index is -5.78. The van der Waals surface area contributed by atoms with Crippen molar-refractivity contribution in [3.05, 3.63) is 33.4 Å². The lowest BCUT2D eigenvalue weighted by Gasteiger charge is -2.42. The normalized spacial score (nSPS) is 37.3. The zero-order chi connectivity index (χ0) is 76.0. The average molecular weight is 1560 g/mol. The standard InChI is InChI=1S/C17H27N5O15P2.C10H13N5O10P2.2C7H12O5.C6H12O5.H2O/c18-17-20-14-8(15(29)21-17)19-4-22(14)16-13(28)11(26)7(35-16)3-34-38(30,31)37-39(32,33)36-6-1-5(2-23)9(24)12(27)10(6)25;11-10-13-7-4(8(18)14-10)12-2-15(7)9-6(17)5(16)3(24-9)1-23-27(21,22)25-26(19)20;2*1-3-4(8)5(9)6(10)7(11-2)12-3;1-2-3(7)4(8)5(9)6(10)11-2;/h4-7,9-13,16,23-28H,1-3H2,(H,30,31)(H,32,33)(H3,18,20,21,29);2-3,5-6,9,16-17H,1H2,(H,21,22)(H3,11,13,14,18);2*3,5-7,9-10H,1-2H3;2-10H,1H3;1H2/p-3/t5?,6-,7+,9+,10?,11-,12-,13?,16+;3?,5-,6-,9?;2*3?,5-,6?,7-;2?,3-,4+,5?,6+;/m00001./s1. The summed E-state index contributed by atoms with van der Waals surface area (Å²) in [5.74, 6) is -2.64. The Labute approximate surface area is 570 Å². The van der Waals surface area contributed by atoms with Gasteiger partial charge in [-0.1, -0.05) is 4.31 Å². The number of nitrogens with one attached hydrogen (secondary N) is 2. The highest BCUT2D eigenvalue weighted by Crippen LogP contribution is 2.57. The smallest absolute Gasteiger partial charge is 0.496 e. The first kappa shape index (κ1) is 87.7. The number of nitrogens with zero attached hydrogens (tertiary/aromatic N) is 6. The van der Waals surface area contributed by atoms with Crippen molar-refractivity contribution in [2.75, 3.05) is 45.5 Å². The van der Waals surface area contributed by atoms with E-state index in [9.17, 15) is 108 Å². The molecule has 4 aromatic rings. The Morgan fingerprint density at radius 3 is 1.39 bits per heavy atom. The lowest BCUT2D eigenvalue weighted by atomic mass is 9.81. The number of imidazole rings is 2. The SMILES string of the molecule is CC1O[C@H](O)C(O)[C@@H](O)[C@@H]1O.CO[C@H]1OC(C)C(=O)[C@H](O)C1O.CO[C@H]1OC(C)C(=O)[C@H](O)C1O.Nc1nc2c(ncn2C2OC(COP(=O)([O-])O[P+](=O)[O-])[C@H](O)[C@@H]2O)c(=O)[nH]1.Nc1nc2c(ncn2[C@@H]2O[C@H](COP(=O)([O-])OP(=O)([O-])O[C@H]3CC(CO)[C@@H](O)[C@H](O)C3O)[C@H](O)C2O)c(=O)[nH]1.O. The van der Waals surface area contributed by atoms with Crippen LogP contribution in [0.15, 0.2) is 22.2 Å². The number of ether oxygens (including phenoxy) is 7. The van der Waals surface area contributed by atoms with Crippen molar-refractivity contribution in [1.82, 2.24) is 39.0 Å². The van der Waals surface area contributed by atoms with Crippen LogP contribution in [0.2, 0.25) is 0 Å². The van der Waals surface area contributed by atoms with Crippen molar-refractivity contribution in [3.63, 3.8) is 0 Å². The topological polar surface area (TPSA) is 840 Å². The van der Waals surface area contributed by atoms with Crippen LogP contribution in [0.3, 0.4) is 0 Å². The number of aromatic amines is 2. The number of carbonyl (C=O) groups excluding carboxylic acids is 2. The van der Waals surface area contributed by atoms with Gasteiger partial charge in [0.25, 0.3) is 26.8 Å². The molecule has 1 aliphatic carbocycles. The third-order valence-corrected chi connectivity index (χ3v) is 19.8. The number of aromatic nitrogens is 8. The maximum atomic E-state index is 12.2. The molecule has 0 amide bonds. The lowest BCUT2D eigenvalue weighted by Crippen LogP contribution is -2.56. The van der Waals surface area contributed by atoms with Gasteiger partial charge in [-0.25, -0.2) is 14.3 Å². The van der Waals surface area contributed by atoms with Gasteiger partial charge in [-0.05, 0) is 31.8 Å². The number of anilines is 2. The predicted molar refractivity (Wildman–Crippen MR) is 314 cm³/mol. The molecule has 10 rings (SSSR count). The number of phosphoric acid groups is 3. The summed E-state index contributed by atoms with van der Waals surface area (Å²) in [5.41, 5.74) is 9.19. The number of fused-ring (bicyclic) bond motifs is 2. The van der Waals surface area contributed by atoms with Gasteiger partial charge in [0.15, 0.2) is 65.2 Å². The summed E-state index contributed by atoms with van der Waals surface area (Å²) in [6.07, 6.45) is -32.6. The number of phosphoric ester groups is 3. The third kappa shape index (κ3) is 21.2. The van der Waals surface area contributed by atoms with E-state index < -0.39 is 240 Å². The number of hydrogen-bond donors (Lipinski definition) is 20. The first-order chi connectivity index (χ1) is 46.9. The minimum absolute atomic E-state index is 0. The highest BCUT2D eigenvalue weighted by Gasteiger charge is 2.49. The van der Waals surface area contributed by atoms with Crippen LogP contribution < -0.4 is 42.2 Å². The highest BCUT2D eigenvalue weighted by atomic mass is 31.3. The summed E-state index contributed by atoms with van der Waals surface area (Å²) in [6, 6.07) is 0. The fourth-order valence-corrected chi connectivity index (χ4v) is 13.4. The van der Waals surface area contributed by atoms with Gasteiger partial charge in [0.1, 0.15) is 104 Å². The number of Topliss-reactive ketones (excluding diaryl/α,β-unsaturated/α-hetero) is 2. The summed E-state index contributed by atoms with van der Waals surface area (Å²) in [5, 5.41) is 152. The molecule has 1 saturated carbocycles. The second-order valence-corrected chi connectivity index (χ2v) is 27.6. The number of H-pyrrole nitrogens is 2. The van der Waals surface area contributed by atoms with E-state index in [2.05, 4.69) is 56.8 Å². The molecule has 102 heavy (non-hydrogen) atoms. The molecule has 9 heterocycles. The Morgan fingerprint density at radius 1 is 0.578 bits per heavy atom. The van der Waals surface area contributed by atoms with Crippen molar-refractivity contribution >= 4 is 77.5 Å². The number of hydrogen-bond acceptors (Lipinski definition) is 46. The van der Waals surface area contributed by atoms with Crippen molar-refractivity contribution in [2.45, 2.75) is 181 Å². The minimum Gasteiger partial charge on any atom is -0.756 e. The molecular weight excluding hydrogens is 1480 g/mol. The zero-order valence-electron chi connectivity index (χ0n) is 53.1. The summed E-state index contributed by atoms with van der Waals surface area (Å²) >= 11 is 0. The van der Waals surface area contributed by atoms with Crippen LogP contribution in [-0.2, 0) is 83.2 Å². The summed E-state index contributed by atoms with van der Waals surface area (Å²) in [6.45, 7) is 1.91. The third-order valence-electron chi connectivity index (χ3n) is 15.4. The summed E-state index contributed by atoms with van der Waals surface area (Å²) in [7, 11) is -17.8. The molecule has 51 nitrogen and oxygen atoms in total. The maximum Gasteiger partial charge on any atom is 0.496 e. The molecule has 0 spiro atoms. The van der Waals surface area contributed by atoms with Gasteiger partial charge >= 0.3 is 16.1 Å². The molecule has 0 radical (unpaired) electrons. The lowest BCUT2D eigenvalue weighted by molar-refractivity contribution is -0.277. The van der Waals surface area contributed by atoms with E-state index in [1.54, 1.807) is 0 Å². The Hall–Kier alpha value is -4.89. The summed E-state index contributed by atoms with van der Waals surface area (Å²) < 4.78 is 104. The number of methoxy groups -OCH3 is 2. The van der Waals surface area contributed by atoms with Crippen LogP contribution in [0.4, 0.5) is 11.9 Å². The molecule has 6 fully saturated rings. The molecule has 30 atom stereocenters. The van der Waals surface area contributed by atoms with Crippen LogP contribution >= 0.6 is 31.7 Å². The highest BCUT2D eigenvalue weighted by molar-refractivity contribution is 7.59. The molecular formula is C47H75N10O41P4-3. The van der Waals surface area contributed by atoms with E-state index in [0.717, 1.165) is 21.8 Å². The molecule has 0 aromatic carbocycles. The van der Waals surface area contributed by atoms with Crippen molar-refractivity contribution < 1.29 is 190 Å². The van der Waals surface area contributed by atoms with Crippen molar-refractivity contribution in [2.24, 2.45) is 5.92 Å². The zero-order valence-corrected chi connectivity index (χ0v) is 56.7. The van der Waals surface area contributed by atoms with Gasteiger partial charge < -0.3 is 165 Å². The van der Waals surface area contributed by atoms with Crippen LogP contribution in [-0.4, -0.2) is 313 Å².